The summed E-state index contributed by atoms with van der Waals surface area (Å²) in [6.07, 6.45) is 2.71. The molecule has 1 aliphatic heterocycles. The van der Waals surface area contributed by atoms with Crippen molar-refractivity contribution in [2.45, 2.75) is 64.5 Å². The summed E-state index contributed by atoms with van der Waals surface area (Å²) in [7, 11) is 0. The summed E-state index contributed by atoms with van der Waals surface area (Å²) >= 11 is 6.08. The van der Waals surface area contributed by atoms with Crippen LogP contribution in [0.4, 0.5) is 0 Å². The minimum absolute atomic E-state index is 0.0260. The molecule has 11 heteroatoms. The number of ether oxygens (including phenoxy) is 1. The van der Waals surface area contributed by atoms with Crippen LogP contribution >= 0.6 is 11.6 Å². The van der Waals surface area contributed by atoms with Crippen molar-refractivity contribution in [2.75, 3.05) is 13.1 Å². The van der Waals surface area contributed by atoms with Gasteiger partial charge in [0.2, 0.25) is 11.7 Å². The molecule has 2 N–H and O–H groups in total. The Hall–Kier alpha value is -4.12. The van der Waals surface area contributed by atoms with Gasteiger partial charge in [0.05, 0.1) is 18.1 Å². The number of benzene rings is 3. The maximum Gasteiger partial charge on any atom is 0.251 e. The topological polar surface area (TPSA) is 122 Å². The number of likely N-dealkylation sites (tertiary alicyclic amines) is 1. The first-order valence-corrected chi connectivity index (χ1v) is 16.1. The molecular weight excluding hydrogens is 604 g/mol. The van der Waals surface area contributed by atoms with E-state index in [-0.39, 0.29) is 30.5 Å². The number of nitrogens with zero attached hydrogens (tertiary/aromatic N) is 5. The van der Waals surface area contributed by atoms with E-state index in [1.807, 2.05) is 67.3 Å². The van der Waals surface area contributed by atoms with E-state index in [4.69, 9.17) is 16.3 Å². The monoisotopic (exact) mass is 642 g/mol. The quantitative estimate of drug-likeness (QED) is 0.257. The maximum atomic E-state index is 13.8. The van der Waals surface area contributed by atoms with Crippen LogP contribution in [-0.2, 0) is 28.5 Å². The van der Waals surface area contributed by atoms with Gasteiger partial charge in [-0.2, -0.15) is 0 Å². The number of rotatable bonds is 9. The second kappa shape index (κ2) is 13.3. The van der Waals surface area contributed by atoms with Gasteiger partial charge in [-0.15, -0.1) is 15.0 Å². The molecule has 1 unspecified atom stereocenters. The minimum atomic E-state index is -1.09. The molecule has 240 valence electrons. The number of aromatic nitrogens is 4. The molecule has 3 atom stereocenters. The number of hydrogen-bond donors (Lipinski definition) is 2. The zero-order chi connectivity index (χ0) is 32.3. The van der Waals surface area contributed by atoms with E-state index in [1.54, 1.807) is 30.3 Å². The van der Waals surface area contributed by atoms with Gasteiger partial charge in [-0.05, 0) is 59.9 Å². The fourth-order valence-electron chi connectivity index (χ4n) is 6.72. The molecule has 10 nitrogen and oxygen atoms in total. The van der Waals surface area contributed by atoms with E-state index >= 15 is 0 Å². The lowest BCUT2D eigenvalue weighted by atomic mass is 9.66. The first kappa shape index (κ1) is 31.8. The summed E-state index contributed by atoms with van der Waals surface area (Å²) in [5.74, 6) is -0.153. The molecule has 4 aromatic rings. The number of tetrazole rings is 1. The Kier molecular flexibility index (Phi) is 9.22. The lowest BCUT2D eigenvalue weighted by molar-refractivity contribution is -0.156. The highest BCUT2D eigenvalue weighted by atomic mass is 35.5. The van der Waals surface area contributed by atoms with E-state index in [0.29, 0.717) is 54.5 Å². The van der Waals surface area contributed by atoms with Crippen LogP contribution in [0.1, 0.15) is 61.0 Å². The summed E-state index contributed by atoms with van der Waals surface area (Å²) in [5.41, 5.74) is 1.29. The van der Waals surface area contributed by atoms with E-state index in [9.17, 15) is 14.7 Å². The Morgan fingerprint density at radius 3 is 2.59 bits per heavy atom. The third-order valence-electron chi connectivity index (χ3n) is 9.39. The molecule has 0 spiro atoms. The predicted molar refractivity (Wildman–Crippen MR) is 173 cm³/mol. The van der Waals surface area contributed by atoms with Crippen LogP contribution in [-0.4, -0.2) is 61.2 Å². The van der Waals surface area contributed by atoms with Gasteiger partial charge < -0.3 is 20.1 Å². The van der Waals surface area contributed by atoms with E-state index in [1.165, 1.54) is 4.80 Å². The zero-order valence-electron chi connectivity index (χ0n) is 26.1. The van der Waals surface area contributed by atoms with Crippen LogP contribution < -0.4 is 5.32 Å². The highest BCUT2D eigenvalue weighted by molar-refractivity contribution is 6.30. The molecule has 6 rings (SSSR count). The van der Waals surface area contributed by atoms with Gasteiger partial charge in [0, 0.05) is 40.7 Å². The number of aliphatic hydroxyl groups is 1. The fraction of sp³-hybridized carbons (Fsp3) is 0.400. The molecule has 0 bridgehead atoms. The van der Waals surface area contributed by atoms with Gasteiger partial charge in [-0.3, -0.25) is 9.59 Å². The van der Waals surface area contributed by atoms with Crippen molar-refractivity contribution in [2.24, 2.45) is 11.3 Å². The standard InChI is InChI=1S/C35H39ClN6O4/c1-34(2)22-41(19-18-35(34,45)27-14-16-28(36)17-15-27)33(44)29-12-7-13-30(29)37-32(43)26-11-6-10-25(20-26)31-38-40-42(39-31)23-46-21-24-8-4-3-5-9-24/h3-6,8-11,14-17,20,29-30,45H,7,12-13,18-19,21-23H2,1-2H3,(H,37,43)/t29-,30+,35?/m0/s1. The Morgan fingerprint density at radius 2 is 1.83 bits per heavy atom. The molecule has 2 fully saturated rings. The van der Waals surface area contributed by atoms with Crippen LogP contribution in [0.25, 0.3) is 11.4 Å². The van der Waals surface area contributed by atoms with Crippen molar-refractivity contribution in [3.05, 3.63) is 101 Å². The molecule has 2 heterocycles. The summed E-state index contributed by atoms with van der Waals surface area (Å²) in [4.78, 5) is 30.5. The molecule has 2 amide bonds. The molecule has 1 saturated carbocycles. The largest absolute Gasteiger partial charge is 0.384 e. The van der Waals surface area contributed by atoms with Gasteiger partial charge in [-0.25, -0.2) is 0 Å². The van der Waals surface area contributed by atoms with Gasteiger partial charge in [0.25, 0.3) is 5.91 Å². The van der Waals surface area contributed by atoms with Crippen LogP contribution in [0.2, 0.25) is 5.02 Å². The van der Waals surface area contributed by atoms with Gasteiger partial charge in [-0.1, -0.05) is 86.5 Å². The fourth-order valence-corrected chi connectivity index (χ4v) is 6.84. The maximum absolute atomic E-state index is 13.8. The number of hydrogen-bond acceptors (Lipinski definition) is 7. The summed E-state index contributed by atoms with van der Waals surface area (Å²) in [5, 5.41) is 28.1. The molecule has 1 aromatic heterocycles. The average Bonchev–Trinajstić information content (AvgIpc) is 3.73. The normalized spacial score (nSPS) is 22.5. The summed E-state index contributed by atoms with van der Waals surface area (Å²) in [6.45, 7) is 5.41. The summed E-state index contributed by atoms with van der Waals surface area (Å²) < 4.78 is 5.70. The Bertz CT molecular complexity index is 1680. The molecule has 0 radical (unpaired) electrons. The molecule has 46 heavy (non-hydrogen) atoms. The molecule has 2 aliphatic rings. The smallest absolute Gasteiger partial charge is 0.251 e. The highest BCUT2D eigenvalue weighted by Gasteiger charge is 2.51. The van der Waals surface area contributed by atoms with Crippen molar-refractivity contribution in [1.82, 2.24) is 30.4 Å². The number of halogens is 1. The highest BCUT2D eigenvalue weighted by Crippen LogP contribution is 2.46. The predicted octanol–water partition coefficient (Wildman–Crippen LogP) is 5.21. The zero-order valence-corrected chi connectivity index (χ0v) is 26.9. The van der Waals surface area contributed by atoms with Crippen LogP contribution in [0, 0.1) is 11.3 Å². The van der Waals surface area contributed by atoms with Gasteiger partial charge in [0.15, 0.2) is 6.73 Å². The van der Waals surface area contributed by atoms with Crippen molar-refractivity contribution >= 4 is 23.4 Å². The van der Waals surface area contributed by atoms with E-state index < -0.39 is 11.0 Å². The van der Waals surface area contributed by atoms with Crippen LogP contribution in [0.3, 0.4) is 0 Å². The average molecular weight is 643 g/mol. The third-order valence-corrected chi connectivity index (χ3v) is 9.64. The number of piperidine rings is 1. The second-order valence-corrected chi connectivity index (χ2v) is 13.3. The number of nitrogens with one attached hydrogen (secondary N) is 1. The van der Waals surface area contributed by atoms with Crippen molar-refractivity contribution in [1.29, 1.82) is 0 Å². The lowest BCUT2D eigenvalue weighted by Gasteiger charge is -2.51. The minimum Gasteiger partial charge on any atom is -0.384 e. The first-order chi connectivity index (χ1) is 22.1. The summed E-state index contributed by atoms with van der Waals surface area (Å²) in [6, 6.07) is 23.9. The Labute approximate surface area is 273 Å². The lowest BCUT2D eigenvalue weighted by Crippen LogP contribution is -2.58. The van der Waals surface area contributed by atoms with Crippen molar-refractivity contribution < 1.29 is 19.4 Å². The molecule has 1 aliphatic carbocycles. The molecular formula is C35H39ClN6O4. The van der Waals surface area contributed by atoms with Gasteiger partial charge in [0.1, 0.15) is 0 Å². The molecule has 3 aromatic carbocycles. The van der Waals surface area contributed by atoms with Crippen molar-refractivity contribution in [3.63, 3.8) is 0 Å². The van der Waals surface area contributed by atoms with Crippen LogP contribution in [0.5, 0.6) is 0 Å². The second-order valence-electron chi connectivity index (χ2n) is 12.9. The molecule has 1 saturated heterocycles. The SMILES string of the molecule is CC1(C)CN(C(=O)[C@H]2CCC[C@H]2NC(=O)c2cccc(-c3nnn(COCc4ccccc4)n3)c2)CCC1(O)c1ccc(Cl)cc1. The third kappa shape index (κ3) is 6.70. The number of carbonyl (C=O) groups excluding carboxylic acids is 2. The van der Waals surface area contributed by atoms with E-state index in [2.05, 4.69) is 20.7 Å². The Balaban J connectivity index is 1.07. The number of carbonyl (C=O) groups is 2. The number of amides is 2. The van der Waals surface area contributed by atoms with Gasteiger partial charge >= 0.3 is 0 Å². The van der Waals surface area contributed by atoms with E-state index in [0.717, 1.165) is 24.0 Å². The Morgan fingerprint density at radius 1 is 1.04 bits per heavy atom. The van der Waals surface area contributed by atoms with Crippen molar-refractivity contribution in [3.8, 4) is 11.4 Å². The first-order valence-electron chi connectivity index (χ1n) is 15.7. The van der Waals surface area contributed by atoms with Crippen LogP contribution in [0.15, 0.2) is 78.9 Å².